The van der Waals surface area contributed by atoms with Crippen molar-refractivity contribution >= 4 is 57.7 Å². The number of halogens is 4. The largest absolute Gasteiger partial charge is 0.479 e. The first-order chi connectivity index (χ1) is 17.5. The molecule has 0 radical (unpaired) electrons. The molecule has 3 aromatic heterocycles. The Hall–Kier alpha value is -2.68. The molecule has 38 heavy (non-hydrogen) atoms. The number of ether oxygens (including phenoxy) is 2. The van der Waals surface area contributed by atoms with E-state index in [0.29, 0.717) is 9.99 Å². The Bertz CT molecular complexity index is 1470. The van der Waals surface area contributed by atoms with E-state index in [1.165, 1.54) is 43.3 Å². The predicted molar refractivity (Wildman–Crippen MR) is 145 cm³/mol. The first kappa shape index (κ1) is 29.9. The lowest BCUT2D eigenvalue weighted by atomic mass is 10.2. The van der Waals surface area contributed by atoms with Crippen LogP contribution in [0.2, 0.25) is 0 Å². The summed E-state index contributed by atoms with van der Waals surface area (Å²) >= 11 is 3.07. The zero-order valence-electron chi connectivity index (χ0n) is 21.4. The van der Waals surface area contributed by atoms with Crippen molar-refractivity contribution in [1.82, 2.24) is 14.4 Å². The highest BCUT2D eigenvalue weighted by Gasteiger charge is 2.32. The molecule has 0 saturated heterocycles. The minimum absolute atomic E-state index is 0.0292. The van der Waals surface area contributed by atoms with Gasteiger partial charge in [-0.25, -0.2) is 9.78 Å². The zero-order valence-corrected chi connectivity index (χ0v) is 24.7. The smallest absolute Gasteiger partial charge is 0.447 e. The molecule has 0 aliphatic carbocycles. The van der Waals surface area contributed by atoms with Crippen molar-refractivity contribution in [2.75, 3.05) is 31.9 Å². The minimum atomic E-state index is -4.54. The Morgan fingerprint density at radius 1 is 1.29 bits per heavy atom. The van der Waals surface area contributed by atoms with Gasteiger partial charge in [-0.2, -0.15) is 18.2 Å². The minimum Gasteiger partial charge on any atom is -0.479 e. The van der Waals surface area contributed by atoms with Gasteiger partial charge in [-0.05, 0) is 68.2 Å². The number of pyridine rings is 1. The summed E-state index contributed by atoms with van der Waals surface area (Å²) in [6.07, 6.45) is 1.99. The average molecular weight is 633 g/mol. The van der Waals surface area contributed by atoms with Crippen molar-refractivity contribution in [1.29, 1.82) is 0 Å². The van der Waals surface area contributed by atoms with Gasteiger partial charge in [0.2, 0.25) is 5.88 Å². The van der Waals surface area contributed by atoms with Gasteiger partial charge >= 0.3 is 11.6 Å². The highest BCUT2D eigenvalue weighted by Crippen LogP contribution is 2.40. The van der Waals surface area contributed by atoms with Crippen molar-refractivity contribution < 1.29 is 32.0 Å². The molecule has 0 aliphatic heterocycles. The molecule has 8 nitrogen and oxygen atoms in total. The molecular weight excluding hydrogens is 608 g/mol. The molecule has 0 atom stereocenters. The van der Waals surface area contributed by atoms with E-state index in [-0.39, 0.29) is 46.0 Å². The number of alkyl halides is 3. The highest BCUT2D eigenvalue weighted by molar-refractivity contribution is 9.10. The predicted octanol–water partition coefficient (Wildman–Crippen LogP) is 6.15. The van der Waals surface area contributed by atoms with E-state index in [1.807, 2.05) is 0 Å². The normalized spacial score (nSPS) is 12.2. The number of amides is 1. The summed E-state index contributed by atoms with van der Waals surface area (Å²) in [5.74, 6) is 5.50. The fraction of sp³-hybridized carbons (Fsp3) is 0.375. The number of thioether (sulfide) groups is 1. The fourth-order valence-electron chi connectivity index (χ4n) is 3.17. The van der Waals surface area contributed by atoms with Crippen LogP contribution in [0.15, 0.2) is 40.1 Å². The van der Waals surface area contributed by atoms with Crippen LogP contribution < -0.4 is 15.2 Å². The molecule has 3 heterocycles. The third kappa shape index (κ3) is 7.46. The zero-order chi connectivity index (χ0) is 28.5. The van der Waals surface area contributed by atoms with Gasteiger partial charge in [0.25, 0.3) is 0 Å². The monoisotopic (exact) mass is 632 g/mol. The molecule has 3 rings (SSSR count). The molecule has 14 heteroatoms. The molecule has 0 fully saturated rings. The van der Waals surface area contributed by atoms with Gasteiger partial charge in [0.1, 0.15) is 23.5 Å². The lowest BCUT2D eigenvalue weighted by molar-refractivity contribution is -0.0330. The van der Waals surface area contributed by atoms with Crippen molar-refractivity contribution in [3.05, 3.63) is 40.6 Å². The van der Waals surface area contributed by atoms with Crippen LogP contribution in [0.25, 0.3) is 5.52 Å². The van der Waals surface area contributed by atoms with Crippen molar-refractivity contribution in [2.24, 2.45) is 0 Å². The van der Waals surface area contributed by atoms with Crippen molar-refractivity contribution in [2.45, 2.75) is 36.9 Å². The van der Waals surface area contributed by atoms with E-state index in [0.717, 1.165) is 4.90 Å². The highest BCUT2D eigenvalue weighted by atomic mass is 79.9. The number of aromatic nitrogens is 3. The Morgan fingerprint density at radius 2 is 1.97 bits per heavy atom. The lowest BCUT2D eigenvalue weighted by Gasteiger charge is -2.26. The fourth-order valence-corrected chi connectivity index (χ4v) is 4.99. The van der Waals surface area contributed by atoms with Crippen molar-refractivity contribution in [3.8, 4) is 17.7 Å². The number of carbonyl (C=O) groups is 1. The first-order valence-electron chi connectivity index (χ1n) is 11.0. The van der Waals surface area contributed by atoms with E-state index in [9.17, 15) is 22.5 Å². The molecule has 204 valence electrons. The van der Waals surface area contributed by atoms with Crippen LogP contribution in [0.1, 0.15) is 26.3 Å². The molecule has 0 spiro atoms. The van der Waals surface area contributed by atoms with Crippen molar-refractivity contribution in [3.63, 3.8) is 0 Å². The van der Waals surface area contributed by atoms with Crippen LogP contribution in [0.4, 0.5) is 23.7 Å². The van der Waals surface area contributed by atoms with Gasteiger partial charge in [0.15, 0.2) is 5.57 Å². The maximum Gasteiger partial charge on any atom is 0.447 e. The van der Waals surface area contributed by atoms with Crippen LogP contribution in [-0.2, 0) is 9.30 Å². The second-order valence-electron chi connectivity index (χ2n) is 9.31. The molecule has 0 aromatic carbocycles. The molecule has 0 aliphatic rings. The summed E-state index contributed by atoms with van der Waals surface area (Å²) < 4.78 is 65.3. The summed E-state index contributed by atoms with van der Waals surface area (Å²) in [7, 11) is -1.50. The summed E-state index contributed by atoms with van der Waals surface area (Å²) in [5, 5.41) is -0.114. The Balaban J connectivity index is 2.08. The number of rotatable bonds is 5. The third-order valence-electron chi connectivity index (χ3n) is 4.69. The number of anilines is 1. The van der Waals surface area contributed by atoms with Crippen LogP contribution >= 0.6 is 34.8 Å². The Labute approximate surface area is 230 Å². The average Bonchev–Trinajstić information content (AvgIpc) is 3.11. The molecular formula is C24H25BrF3N4O4PS. The molecule has 0 N–H and O–H groups in total. The van der Waals surface area contributed by atoms with Gasteiger partial charge in [0, 0.05) is 22.4 Å². The lowest BCUT2D eigenvalue weighted by Crippen LogP contribution is -2.38. The number of fused-ring (bicyclic) bond motifs is 1. The number of carbonyl (C=O) groups excluding carboxylic acids is 1. The van der Waals surface area contributed by atoms with Gasteiger partial charge in [0.05, 0.1) is 30.9 Å². The van der Waals surface area contributed by atoms with Crippen LogP contribution in [0.3, 0.4) is 0 Å². The van der Waals surface area contributed by atoms with E-state index >= 15 is 0 Å². The molecule has 3 aromatic rings. The standard InChI is InChI=1S/C24H25BrF3N4O4PS/c1-23(2,3)36-22(33)32(18-14-29-21(37(5,6)34)30-19(18)35-4)12-7-9-15-13-17-16(25)10-8-11-31(17)20(15)38-24(26,27)28/h8,10-11,13-14H,12H2,1-6H3. The van der Waals surface area contributed by atoms with Crippen LogP contribution in [0, 0.1) is 11.8 Å². The quantitative estimate of drug-likeness (QED) is 0.189. The molecule has 0 saturated carbocycles. The third-order valence-corrected chi connectivity index (χ3v) is 7.38. The number of nitrogens with zero attached hydrogens (tertiary/aromatic N) is 4. The van der Waals surface area contributed by atoms with Crippen LogP contribution in [0.5, 0.6) is 5.88 Å². The number of hydrogen-bond donors (Lipinski definition) is 0. The Morgan fingerprint density at radius 3 is 2.55 bits per heavy atom. The summed E-state index contributed by atoms with van der Waals surface area (Å²) in [4.78, 5) is 22.5. The van der Waals surface area contributed by atoms with E-state index in [2.05, 4.69) is 37.7 Å². The molecule has 0 bridgehead atoms. The second-order valence-corrected chi connectivity index (χ2v) is 14.3. The molecule has 1 amide bonds. The first-order valence-corrected chi connectivity index (χ1v) is 15.2. The maximum atomic E-state index is 13.3. The second kappa shape index (κ2) is 11.2. The summed E-state index contributed by atoms with van der Waals surface area (Å²) in [5.41, 5.74) is -4.61. The van der Waals surface area contributed by atoms with Gasteiger partial charge in [-0.1, -0.05) is 11.8 Å². The topological polar surface area (TPSA) is 86.0 Å². The SMILES string of the molecule is COc1nc(P(C)(C)=O)ncc1N(CC#Cc1cc2c(Br)cccn2c1SC(F)(F)F)C(=O)OC(C)(C)C. The van der Waals surface area contributed by atoms with E-state index in [4.69, 9.17) is 9.47 Å². The number of methoxy groups -OCH3 is 1. The van der Waals surface area contributed by atoms with E-state index in [1.54, 1.807) is 32.9 Å². The Kier molecular flexibility index (Phi) is 8.81. The molecule has 0 unspecified atom stereocenters. The van der Waals surface area contributed by atoms with Gasteiger partial charge in [-0.3, -0.25) is 4.90 Å². The van der Waals surface area contributed by atoms with Crippen LogP contribution in [-0.4, -0.2) is 58.6 Å². The number of hydrogen-bond acceptors (Lipinski definition) is 7. The van der Waals surface area contributed by atoms with Gasteiger partial charge in [-0.15, -0.1) is 0 Å². The van der Waals surface area contributed by atoms with Gasteiger partial charge < -0.3 is 18.4 Å². The van der Waals surface area contributed by atoms with E-state index < -0.39 is 24.3 Å². The maximum absolute atomic E-state index is 13.3. The summed E-state index contributed by atoms with van der Waals surface area (Å²) in [6, 6.07) is 4.85. The summed E-state index contributed by atoms with van der Waals surface area (Å²) in [6.45, 7) is 7.75.